The average Bonchev–Trinajstić information content (AvgIpc) is 3.14. The highest BCUT2D eigenvalue weighted by molar-refractivity contribution is 6.11. The first-order valence-electron chi connectivity index (χ1n) is 12.4. The largest absolute Gasteiger partial charge is 0.347 e. The van der Waals surface area contributed by atoms with E-state index in [0.29, 0.717) is 17.0 Å². The summed E-state index contributed by atoms with van der Waals surface area (Å²) in [5.74, 6) is -0.320. The third kappa shape index (κ3) is 4.76. The Kier molecular flexibility index (Phi) is 7.25. The second-order valence-electron chi connectivity index (χ2n) is 9.91. The highest BCUT2D eigenvalue weighted by atomic mass is 16.2. The molecule has 6 heteroatoms. The zero-order valence-corrected chi connectivity index (χ0v) is 21.2. The van der Waals surface area contributed by atoms with Crippen LogP contribution in [-0.2, 0) is 15.1 Å². The lowest BCUT2D eigenvalue weighted by molar-refractivity contribution is -0.134. The minimum absolute atomic E-state index is 0.120. The Hall–Kier alpha value is -3.93. The van der Waals surface area contributed by atoms with Crippen molar-refractivity contribution in [3.8, 4) is 0 Å². The zero-order chi connectivity index (χ0) is 25.9. The van der Waals surface area contributed by atoms with Crippen molar-refractivity contribution in [2.75, 3.05) is 6.54 Å². The second-order valence-corrected chi connectivity index (χ2v) is 9.91. The Morgan fingerprint density at radius 3 is 1.78 bits per heavy atom. The van der Waals surface area contributed by atoms with Gasteiger partial charge in [-0.15, -0.1) is 0 Å². The number of carbonyl (C=O) groups excluding carboxylic acids is 3. The molecule has 0 aliphatic carbocycles. The van der Waals surface area contributed by atoms with E-state index in [-0.39, 0.29) is 24.4 Å². The fourth-order valence-electron chi connectivity index (χ4n) is 4.74. The fraction of sp³-hybridized carbons (Fsp3) is 0.300. The van der Waals surface area contributed by atoms with Crippen LogP contribution in [0.15, 0.2) is 84.9 Å². The zero-order valence-electron chi connectivity index (χ0n) is 21.2. The molecule has 0 aromatic heterocycles. The predicted octanol–water partition coefficient (Wildman–Crippen LogP) is 5.12. The number of nitrogens with zero attached hydrogens (tertiary/aromatic N) is 1. The molecular formula is C30H33N3O3. The van der Waals surface area contributed by atoms with E-state index >= 15 is 0 Å². The number of hydrogen-bond acceptors (Lipinski definition) is 3. The van der Waals surface area contributed by atoms with Crippen LogP contribution >= 0.6 is 0 Å². The molecule has 1 heterocycles. The van der Waals surface area contributed by atoms with E-state index in [2.05, 4.69) is 36.6 Å². The van der Waals surface area contributed by atoms with Crippen LogP contribution in [0.3, 0.4) is 0 Å². The molecule has 0 saturated carbocycles. The van der Waals surface area contributed by atoms with Crippen LogP contribution in [0.2, 0.25) is 0 Å². The Bertz CT molecular complexity index is 1180. The molecule has 0 spiro atoms. The minimum Gasteiger partial charge on any atom is -0.347 e. The van der Waals surface area contributed by atoms with Gasteiger partial charge in [0.05, 0.1) is 6.04 Å². The molecule has 4 amide bonds. The first-order chi connectivity index (χ1) is 17.2. The summed E-state index contributed by atoms with van der Waals surface area (Å²) in [6, 6.07) is 25.6. The summed E-state index contributed by atoms with van der Waals surface area (Å²) in [7, 11) is 0. The van der Waals surface area contributed by atoms with E-state index in [1.165, 1.54) is 5.56 Å². The van der Waals surface area contributed by atoms with E-state index in [4.69, 9.17) is 0 Å². The van der Waals surface area contributed by atoms with Gasteiger partial charge < -0.3 is 10.6 Å². The molecule has 3 aromatic rings. The number of benzene rings is 3. The van der Waals surface area contributed by atoms with Gasteiger partial charge in [-0.05, 0) is 34.1 Å². The molecule has 1 saturated heterocycles. The van der Waals surface area contributed by atoms with Gasteiger partial charge >= 0.3 is 6.03 Å². The van der Waals surface area contributed by atoms with Crippen LogP contribution in [0.4, 0.5) is 4.79 Å². The molecule has 0 bridgehead atoms. The van der Waals surface area contributed by atoms with Crippen molar-refractivity contribution in [1.82, 2.24) is 15.5 Å². The number of imide groups is 1. The lowest BCUT2D eigenvalue weighted by Crippen LogP contribution is -2.46. The molecule has 1 fully saturated rings. The van der Waals surface area contributed by atoms with Crippen molar-refractivity contribution in [2.45, 2.75) is 45.2 Å². The molecule has 0 radical (unpaired) electrons. The molecule has 4 rings (SSSR count). The van der Waals surface area contributed by atoms with Crippen LogP contribution < -0.4 is 10.6 Å². The van der Waals surface area contributed by atoms with Crippen LogP contribution in [0, 0.1) is 5.92 Å². The topological polar surface area (TPSA) is 78.5 Å². The van der Waals surface area contributed by atoms with Crippen LogP contribution in [-0.4, -0.2) is 29.3 Å². The van der Waals surface area contributed by atoms with Gasteiger partial charge in [-0.2, -0.15) is 0 Å². The maximum absolute atomic E-state index is 13.8. The maximum Gasteiger partial charge on any atom is 0.326 e. The summed E-state index contributed by atoms with van der Waals surface area (Å²) in [6.07, 6.45) is 0. The predicted molar refractivity (Wildman–Crippen MR) is 140 cm³/mol. The molecular weight excluding hydrogens is 450 g/mol. The van der Waals surface area contributed by atoms with Crippen LogP contribution in [0.25, 0.3) is 0 Å². The van der Waals surface area contributed by atoms with Crippen molar-refractivity contribution < 1.29 is 14.4 Å². The summed E-state index contributed by atoms with van der Waals surface area (Å²) in [6.45, 7) is 7.98. The Morgan fingerprint density at radius 1 is 0.806 bits per heavy atom. The number of carbonyl (C=O) groups is 3. The van der Waals surface area contributed by atoms with Crippen LogP contribution in [0.1, 0.15) is 61.9 Å². The van der Waals surface area contributed by atoms with Gasteiger partial charge in [0.1, 0.15) is 6.54 Å². The standard InChI is InChI=1S/C30H33N3O3/c1-20(2)22-15-17-23(18-16-22)27(21(3)4)31-26(34)19-33-28(35)30(32-29(33)36,24-11-7-5-8-12-24)25-13-9-6-10-14-25/h5-18,20-21,27H,19H2,1-4H3,(H,31,34)(H,32,36). The monoisotopic (exact) mass is 483 g/mol. The number of rotatable bonds is 8. The van der Waals surface area contributed by atoms with Gasteiger partial charge in [0.25, 0.3) is 5.91 Å². The molecule has 1 aliphatic rings. The van der Waals surface area contributed by atoms with Crippen molar-refractivity contribution in [3.05, 3.63) is 107 Å². The lowest BCUT2D eigenvalue weighted by atomic mass is 9.82. The highest BCUT2D eigenvalue weighted by Crippen LogP contribution is 2.36. The normalized spacial score (nSPS) is 15.8. The summed E-state index contributed by atoms with van der Waals surface area (Å²) < 4.78 is 0. The van der Waals surface area contributed by atoms with Gasteiger partial charge in [-0.25, -0.2) is 4.79 Å². The van der Waals surface area contributed by atoms with Gasteiger partial charge in [0.15, 0.2) is 5.54 Å². The first kappa shape index (κ1) is 25.2. The van der Waals surface area contributed by atoms with E-state index in [1.54, 1.807) is 0 Å². The van der Waals surface area contributed by atoms with E-state index in [0.717, 1.165) is 10.5 Å². The Labute approximate surface area is 212 Å². The van der Waals surface area contributed by atoms with Gasteiger partial charge in [0.2, 0.25) is 5.91 Å². The maximum atomic E-state index is 13.8. The van der Waals surface area contributed by atoms with E-state index in [9.17, 15) is 14.4 Å². The van der Waals surface area contributed by atoms with Crippen LogP contribution in [0.5, 0.6) is 0 Å². The third-order valence-corrected chi connectivity index (χ3v) is 6.77. The SMILES string of the molecule is CC(C)c1ccc(C(NC(=O)CN2C(=O)NC(c3ccccc3)(c3ccccc3)C2=O)C(C)C)cc1. The summed E-state index contributed by atoms with van der Waals surface area (Å²) in [5, 5.41) is 5.93. The smallest absolute Gasteiger partial charge is 0.326 e. The number of nitrogens with one attached hydrogen (secondary N) is 2. The van der Waals surface area contributed by atoms with Crippen molar-refractivity contribution in [1.29, 1.82) is 0 Å². The number of urea groups is 1. The van der Waals surface area contributed by atoms with Gasteiger partial charge in [0, 0.05) is 0 Å². The Morgan fingerprint density at radius 2 is 1.31 bits per heavy atom. The second kappa shape index (κ2) is 10.4. The van der Waals surface area contributed by atoms with Crippen molar-refractivity contribution >= 4 is 17.8 Å². The van der Waals surface area contributed by atoms with Gasteiger partial charge in [-0.1, -0.05) is 113 Å². The quantitative estimate of drug-likeness (QED) is 0.437. The third-order valence-electron chi connectivity index (χ3n) is 6.77. The fourth-order valence-corrected chi connectivity index (χ4v) is 4.74. The molecule has 36 heavy (non-hydrogen) atoms. The molecule has 1 atom stereocenters. The first-order valence-corrected chi connectivity index (χ1v) is 12.4. The van der Waals surface area contributed by atoms with Crippen molar-refractivity contribution in [2.24, 2.45) is 5.92 Å². The molecule has 2 N–H and O–H groups in total. The molecule has 3 aromatic carbocycles. The Balaban J connectivity index is 1.58. The number of hydrogen-bond donors (Lipinski definition) is 2. The average molecular weight is 484 g/mol. The van der Waals surface area contributed by atoms with Gasteiger partial charge in [-0.3, -0.25) is 14.5 Å². The lowest BCUT2D eigenvalue weighted by Gasteiger charge is -2.28. The minimum atomic E-state index is -1.38. The summed E-state index contributed by atoms with van der Waals surface area (Å²) >= 11 is 0. The molecule has 6 nitrogen and oxygen atoms in total. The van der Waals surface area contributed by atoms with E-state index < -0.39 is 17.5 Å². The highest BCUT2D eigenvalue weighted by Gasteiger charge is 2.54. The van der Waals surface area contributed by atoms with E-state index in [1.807, 2.05) is 86.6 Å². The molecule has 186 valence electrons. The molecule has 1 unspecified atom stereocenters. The molecule has 1 aliphatic heterocycles. The summed E-state index contributed by atoms with van der Waals surface area (Å²) in [5.41, 5.74) is 2.11. The number of amides is 4. The summed E-state index contributed by atoms with van der Waals surface area (Å²) in [4.78, 5) is 41.1. The van der Waals surface area contributed by atoms with Crippen molar-refractivity contribution in [3.63, 3.8) is 0 Å².